The predicted octanol–water partition coefficient (Wildman–Crippen LogP) is 1.95. The molecule has 1 aromatic rings. The van der Waals surface area contributed by atoms with Crippen molar-refractivity contribution in [1.29, 1.82) is 0 Å². The normalized spacial score (nSPS) is 26.7. The Balaban J connectivity index is 1.68. The van der Waals surface area contributed by atoms with E-state index in [4.69, 9.17) is 0 Å². The number of imidazole rings is 1. The molecule has 0 radical (unpaired) electrons. The monoisotopic (exact) mass is 262 g/mol. The van der Waals surface area contributed by atoms with Gasteiger partial charge >= 0.3 is 0 Å². The van der Waals surface area contributed by atoms with E-state index in [9.17, 15) is 0 Å². The van der Waals surface area contributed by atoms with Crippen LogP contribution in [0, 0.1) is 5.92 Å². The zero-order valence-electron chi connectivity index (χ0n) is 12.0. The topological polar surface area (TPSA) is 33.1 Å². The molecule has 1 atom stereocenters. The fourth-order valence-corrected chi connectivity index (χ4v) is 3.62. The van der Waals surface area contributed by atoms with E-state index < -0.39 is 0 Å². The molecule has 0 spiro atoms. The first-order valence-corrected chi connectivity index (χ1v) is 7.76. The van der Waals surface area contributed by atoms with Gasteiger partial charge in [0, 0.05) is 45.6 Å². The molecule has 1 saturated heterocycles. The fraction of sp³-hybridized carbons (Fsp3) is 0.800. The van der Waals surface area contributed by atoms with Gasteiger partial charge in [-0.15, -0.1) is 0 Å². The quantitative estimate of drug-likeness (QED) is 0.904. The Morgan fingerprint density at radius 2 is 2.16 bits per heavy atom. The van der Waals surface area contributed by atoms with Gasteiger partial charge in [-0.25, -0.2) is 4.98 Å². The lowest BCUT2D eigenvalue weighted by Crippen LogP contribution is -2.48. The standard InChI is InChI=1S/C15H26N4/c1-18-9-8-17-15(18)14-11-16-7-10-19(14)12-13-5-3-2-4-6-13/h8-9,13-14,16H,2-7,10-12H2,1H3. The molecule has 0 aromatic carbocycles. The summed E-state index contributed by atoms with van der Waals surface area (Å²) in [6.07, 6.45) is 11.1. The summed E-state index contributed by atoms with van der Waals surface area (Å²) in [5.41, 5.74) is 0. The van der Waals surface area contributed by atoms with Gasteiger partial charge in [0.15, 0.2) is 0 Å². The molecule has 2 heterocycles. The molecule has 4 heteroatoms. The summed E-state index contributed by atoms with van der Waals surface area (Å²) >= 11 is 0. The molecular formula is C15H26N4. The molecule has 3 rings (SSSR count). The van der Waals surface area contributed by atoms with Crippen molar-refractivity contribution in [3.63, 3.8) is 0 Å². The van der Waals surface area contributed by atoms with E-state index in [0.29, 0.717) is 6.04 Å². The van der Waals surface area contributed by atoms with Crippen LogP contribution < -0.4 is 5.32 Å². The summed E-state index contributed by atoms with van der Waals surface area (Å²) in [5, 5.41) is 3.52. The molecular weight excluding hydrogens is 236 g/mol. The molecule has 106 valence electrons. The van der Waals surface area contributed by atoms with Crippen molar-refractivity contribution in [2.45, 2.75) is 38.1 Å². The Kier molecular flexibility index (Phi) is 4.18. The SMILES string of the molecule is Cn1ccnc1C1CNCCN1CC1CCCCC1. The summed E-state index contributed by atoms with van der Waals surface area (Å²) in [4.78, 5) is 7.23. The molecule has 2 aliphatic rings. The van der Waals surface area contributed by atoms with Crippen molar-refractivity contribution in [2.75, 3.05) is 26.2 Å². The van der Waals surface area contributed by atoms with Crippen molar-refractivity contribution in [2.24, 2.45) is 13.0 Å². The van der Waals surface area contributed by atoms with Crippen molar-refractivity contribution in [3.05, 3.63) is 18.2 Å². The number of aromatic nitrogens is 2. The lowest BCUT2D eigenvalue weighted by Gasteiger charge is -2.38. The lowest BCUT2D eigenvalue weighted by molar-refractivity contribution is 0.117. The van der Waals surface area contributed by atoms with Gasteiger partial charge < -0.3 is 9.88 Å². The highest BCUT2D eigenvalue weighted by molar-refractivity contribution is 5.02. The minimum Gasteiger partial charge on any atom is -0.337 e. The molecule has 1 aliphatic heterocycles. The number of rotatable bonds is 3. The third-order valence-electron chi connectivity index (χ3n) is 4.73. The van der Waals surface area contributed by atoms with Crippen molar-refractivity contribution in [1.82, 2.24) is 19.8 Å². The second kappa shape index (κ2) is 6.06. The number of aryl methyl sites for hydroxylation is 1. The maximum atomic E-state index is 4.56. The summed E-state index contributed by atoms with van der Waals surface area (Å²) < 4.78 is 2.17. The van der Waals surface area contributed by atoms with Crippen molar-refractivity contribution < 1.29 is 0 Å². The van der Waals surface area contributed by atoms with Gasteiger partial charge in [0.25, 0.3) is 0 Å². The largest absolute Gasteiger partial charge is 0.337 e. The Bertz CT molecular complexity index is 395. The average molecular weight is 262 g/mol. The molecule has 1 saturated carbocycles. The average Bonchev–Trinajstić information content (AvgIpc) is 2.87. The Hall–Kier alpha value is -0.870. The van der Waals surface area contributed by atoms with Crippen LogP contribution in [-0.2, 0) is 7.05 Å². The van der Waals surface area contributed by atoms with Gasteiger partial charge in [-0.05, 0) is 18.8 Å². The van der Waals surface area contributed by atoms with Crippen LogP contribution in [0.1, 0.15) is 44.0 Å². The highest BCUT2D eigenvalue weighted by Crippen LogP contribution is 2.28. The van der Waals surface area contributed by atoms with Gasteiger partial charge in [-0.2, -0.15) is 0 Å². The molecule has 19 heavy (non-hydrogen) atoms. The van der Waals surface area contributed by atoms with Gasteiger partial charge in [0.1, 0.15) is 5.82 Å². The van der Waals surface area contributed by atoms with E-state index in [-0.39, 0.29) is 0 Å². The smallest absolute Gasteiger partial charge is 0.127 e. The number of nitrogens with one attached hydrogen (secondary N) is 1. The highest BCUT2D eigenvalue weighted by Gasteiger charge is 2.28. The van der Waals surface area contributed by atoms with Crippen LogP contribution in [-0.4, -0.2) is 40.6 Å². The minimum absolute atomic E-state index is 0.454. The summed E-state index contributed by atoms with van der Waals surface area (Å²) in [6.45, 7) is 4.58. The van der Waals surface area contributed by atoms with E-state index in [0.717, 1.165) is 25.6 Å². The first-order valence-electron chi connectivity index (χ1n) is 7.76. The predicted molar refractivity (Wildman–Crippen MR) is 77.0 cm³/mol. The van der Waals surface area contributed by atoms with Crippen LogP contribution in [0.25, 0.3) is 0 Å². The van der Waals surface area contributed by atoms with Crippen LogP contribution in [0.3, 0.4) is 0 Å². The zero-order chi connectivity index (χ0) is 13.1. The number of hydrogen-bond acceptors (Lipinski definition) is 3. The van der Waals surface area contributed by atoms with Gasteiger partial charge in [0.05, 0.1) is 6.04 Å². The minimum atomic E-state index is 0.454. The van der Waals surface area contributed by atoms with Crippen LogP contribution in [0.5, 0.6) is 0 Å². The first-order chi connectivity index (χ1) is 9.34. The van der Waals surface area contributed by atoms with E-state index >= 15 is 0 Å². The van der Waals surface area contributed by atoms with E-state index in [1.165, 1.54) is 44.5 Å². The Labute approximate surface area is 116 Å². The lowest BCUT2D eigenvalue weighted by atomic mass is 9.88. The maximum Gasteiger partial charge on any atom is 0.127 e. The van der Waals surface area contributed by atoms with Gasteiger partial charge in [-0.1, -0.05) is 19.3 Å². The Morgan fingerprint density at radius 1 is 1.32 bits per heavy atom. The van der Waals surface area contributed by atoms with E-state index in [1.54, 1.807) is 0 Å². The summed E-state index contributed by atoms with van der Waals surface area (Å²) in [6, 6.07) is 0.454. The van der Waals surface area contributed by atoms with Crippen LogP contribution in [0.4, 0.5) is 0 Å². The summed E-state index contributed by atoms with van der Waals surface area (Å²) in [7, 11) is 2.11. The zero-order valence-corrected chi connectivity index (χ0v) is 12.0. The number of nitrogens with zero attached hydrogens (tertiary/aromatic N) is 3. The molecule has 1 unspecified atom stereocenters. The van der Waals surface area contributed by atoms with Crippen molar-refractivity contribution >= 4 is 0 Å². The van der Waals surface area contributed by atoms with Crippen LogP contribution in [0.15, 0.2) is 12.4 Å². The molecule has 4 nitrogen and oxygen atoms in total. The van der Waals surface area contributed by atoms with E-state index in [1.807, 2.05) is 6.20 Å². The Morgan fingerprint density at radius 3 is 2.89 bits per heavy atom. The third-order valence-corrected chi connectivity index (χ3v) is 4.73. The van der Waals surface area contributed by atoms with Gasteiger partial charge in [0.2, 0.25) is 0 Å². The molecule has 0 amide bonds. The summed E-state index contributed by atoms with van der Waals surface area (Å²) in [5.74, 6) is 2.12. The molecule has 1 aromatic heterocycles. The number of hydrogen-bond donors (Lipinski definition) is 1. The number of piperazine rings is 1. The molecule has 0 bridgehead atoms. The van der Waals surface area contributed by atoms with Gasteiger partial charge in [-0.3, -0.25) is 4.90 Å². The molecule has 1 aliphatic carbocycles. The first kappa shape index (κ1) is 13.1. The van der Waals surface area contributed by atoms with Crippen LogP contribution in [0.2, 0.25) is 0 Å². The van der Waals surface area contributed by atoms with Crippen LogP contribution >= 0.6 is 0 Å². The third kappa shape index (κ3) is 3.00. The highest BCUT2D eigenvalue weighted by atomic mass is 15.3. The fourth-order valence-electron chi connectivity index (χ4n) is 3.62. The second-order valence-electron chi connectivity index (χ2n) is 6.12. The van der Waals surface area contributed by atoms with E-state index in [2.05, 4.69) is 33.0 Å². The molecule has 2 fully saturated rings. The van der Waals surface area contributed by atoms with Crippen molar-refractivity contribution in [3.8, 4) is 0 Å². The maximum absolute atomic E-state index is 4.56. The molecule has 1 N–H and O–H groups in total. The second-order valence-corrected chi connectivity index (χ2v) is 6.12.